The molecular weight excluding hydrogens is 321 g/mol. The van der Waals surface area contributed by atoms with Gasteiger partial charge in [0.1, 0.15) is 5.82 Å². The molecule has 0 radical (unpaired) electrons. The molecule has 0 spiro atoms. The van der Waals surface area contributed by atoms with Crippen LogP contribution >= 0.6 is 0 Å². The van der Waals surface area contributed by atoms with Crippen molar-refractivity contribution in [3.05, 3.63) is 66.6 Å². The summed E-state index contributed by atoms with van der Waals surface area (Å²) in [5.41, 5.74) is 2.71. The molecule has 0 N–H and O–H groups in total. The number of hydrogen-bond acceptors (Lipinski definition) is 1. The number of benzene rings is 1. The molecule has 0 aliphatic heterocycles. The highest BCUT2D eigenvalue weighted by atomic mass is 19.1. The van der Waals surface area contributed by atoms with Crippen LogP contribution in [0.3, 0.4) is 0 Å². The Morgan fingerprint density at radius 3 is 2.50 bits per heavy atom. The second-order valence-corrected chi connectivity index (χ2v) is 7.15. The van der Waals surface area contributed by atoms with Gasteiger partial charge in [0.25, 0.3) is 0 Å². The summed E-state index contributed by atoms with van der Waals surface area (Å²) in [5, 5.41) is 0. The van der Waals surface area contributed by atoms with Crippen LogP contribution in [0, 0.1) is 29.5 Å². The molecule has 0 unspecified atom stereocenters. The third kappa shape index (κ3) is 5.30. The molecule has 0 atom stereocenters. The maximum Gasteiger partial charge on any atom is 0.123 e. The summed E-state index contributed by atoms with van der Waals surface area (Å²) in [5.74, 6) is 7.89. The summed E-state index contributed by atoms with van der Waals surface area (Å²) < 4.78 is 13.0. The van der Waals surface area contributed by atoms with Gasteiger partial charge in [-0.15, -0.1) is 6.58 Å². The van der Waals surface area contributed by atoms with Gasteiger partial charge < -0.3 is 0 Å². The number of allylic oxidation sites excluding steroid dienone is 1. The molecule has 1 saturated carbocycles. The predicted molar refractivity (Wildman–Crippen MR) is 106 cm³/mol. The minimum absolute atomic E-state index is 0.230. The molecule has 3 rings (SSSR count). The minimum Gasteiger partial charge on any atom is -0.255 e. The second-order valence-electron chi connectivity index (χ2n) is 7.15. The first-order chi connectivity index (χ1) is 12.7. The fourth-order valence-electron chi connectivity index (χ4n) is 3.59. The molecule has 1 aromatic heterocycles. The Labute approximate surface area is 156 Å². The van der Waals surface area contributed by atoms with Gasteiger partial charge in [-0.1, -0.05) is 24.3 Å². The zero-order valence-corrected chi connectivity index (χ0v) is 15.3. The van der Waals surface area contributed by atoms with E-state index >= 15 is 0 Å². The Hall–Kier alpha value is -2.40. The summed E-state index contributed by atoms with van der Waals surface area (Å²) in [7, 11) is 0. The minimum atomic E-state index is -0.230. The number of halogens is 1. The van der Waals surface area contributed by atoms with Crippen molar-refractivity contribution in [3.63, 3.8) is 0 Å². The number of hydrogen-bond donors (Lipinski definition) is 0. The third-order valence-corrected chi connectivity index (χ3v) is 5.19. The van der Waals surface area contributed by atoms with E-state index in [2.05, 4.69) is 23.4 Å². The molecule has 134 valence electrons. The average molecular weight is 347 g/mol. The highest BCUT2D eigenvalue weighted by Crippen LogP contribution is 2.31. The molecule has 26 heavy (non-hydrogen) atoms. The maximum absolute atomic E-state index is 13.0. The Kier molecular flexibility index (Phi) is 6.61. The molecule has 1 aliphatic carbocycles. The standard InChI is InChI=1S/C24H26FN/c1-2-3-4-5-19-6-8-20(9-7-19)10-11-21-12-17-24(26-18-21)22-13-15-23(25)16-14-22/h2,12-20H,1,3-9H2. The number of pyridine rings is 1. The number of rotatable bonds is 5. The SMILES string of the molecule is C=CCCCC1CCC(C#Cc2ccc(-c3ccc(F)cc3)nc2)CC1. The van der Waals surface area contributed by atoms with Crippen LogP contribution in [0.2, 0.25) is 0 Å². The van der Waals surface area contributed by atoms with Crippen LogP contribution in [0.4, 0.5) is 4.39 Å². The molecule has 2 aromatic rings. The smallest absolute Gasteiger partial charge is 0.123 e. The van der Waals surface area contributed by atoms with Gasteiger partial charge in [0, 0.05) is 23.2 Å². The van der Waals surface area contributed by atoms with E-state index in [0.29, 0.717) is 5.92 Å². The molecule has 0 bridgehead atoms. The average Bonchev–Trinajstić information content (AvgIpc) is 2.69. The summed E-state index contributed by atoms with van der Waals surface area (Å²) in [4.78, 5) is 4.46. The fourth-order valence-corrected chi connectivity index (χ4v) is 3.59. The van der Waals surface area contributed by atoms with E-state index in [1.807, 2.05) is 24.4 Å². The Bertz CT molecular complexity index is 757. The van der Waals surface area contributed by atoms with Crippen LogP contribution in [0.15, 0.2) is 55.3 Å². The van der Waals surface area contributed by atoms with Crippen LogP contribution < -0.4 is 0 Å². The van der Waals surface area contributed by atoms with Crippen molar-refractivity contribution < 1.29 is 4.39 Å². The van der Waals surface area contributed by atoms with Gasteiger partial charge in [-0.25, -0.2) is 4.39 Å². The zero-order valence-electron chi connectivity index (χ0n) is 15.3. The Morgan fingerprint density at radius 1 is 1.08 bits per heavy atom. The first-order valence-electron chi connectivity index (χ1n) is 9.59. The van der Waals surface area contributed by atoms with Crippen molar-refractivity contribution in [2.75, 3.05) is 0 Å². The third-order valence-electron chi connectivity index (χ3n) is 5.19. The molecule has 0 saturated heterocycles. The van der Waals surface area contributed by atoms with Gasteiger partial charge in [0.15, 0.2) is 0 Å². The highest BCUT2D eigenvalue weighted by Gasteiger charge is 2.19. The largest absolute Gasteiger partial charge is 0.255 e. The molecule has 1 heterocycles. The van der Waals surface area contributed by atoms with Crippen LogP contribution in [0.5, 0.6) is 0 Å². The molecule has 1 aliphatic rings. The quantitative estimate of drug-likeness (QED) is 0.346. The lowest BCUT2D eigenvalue weighted by Crippen LogP contribution is -2.13. The molecular formula is C24H26FN. The second kappa shape index (κ2) is 9.34. The van der Waals surface area contributed by atoms with E-state index in [0.717, 1.165) is 29.2 Å². The summed E-state index contributed by atoms with van der Waals surface area (Å²) in [6.45, 7) is 3.80. The Morgan fingerprint density at radius 2 is 1.85 bits per heavy atom. The van der Waals surface area contributed by atoms with Crippen molar-refractivity contribution in [1.29, 1.82) is 0 Å². The number of aromatic nitrogens is 1. The fraction of sp³-hybridized carbons (Fsp3) is 0.375. The lowest BCUT2D eigenvalue weighted by molar-refractivity contribution is 0.297. The Balaban J connectivity index is 1.52. The first kappa shape index (κ1) is 18.4. The molecule has 1 aromatic carbocycles. The monoisotopic (exact) mass is 347 g/mol. The maximum atomic E-state index is 13.0. The number of nitrogens with zero attached hydrogens (tertiary/aromatic N) is 1. The van der Waals surface area contributed by atoms with Crippen molar-refractivity contribution in [2.24, 2.45) is 11.8 Å². The van der Waals surface area contributed by atoms with Gasteiger partial charge in [-0.2, -0.15) is 0 Å². The van der Waals surface area contributed by atoms with Gasteiger partial charge in [-0.3, -0.25) is 4.98 Å². The predicted octanol–water partition coefficient (Wildman–Crippen LogP) is 6.40. The van der Waals surface area contributed by atoms with Gasteiger partial charge in [-0.05, 0) is 80.8 Å². The van der Waals surface area contributed by atoms with E-state index in [4.69, 9.17) is 0 Å². The topological polar surface area (TPSA) is 12.9 Å². The summed E-state index contributed by atoms with van der Waals surface area (Å²) in [6, 6.07) is 10.4. The molecule has 2 heteroatoms. The van der Waals surface area contributed by atoms with E-state index in [1.54, 1.807) is 12.1 Å². The molecule has 1 fully saturated rings. The summed E-state index contributed by atoms with van der Waals surface area (Å²) in [6.07, 6.45) is 12.6. The lowest BCUT2D eigenvalue weighted by atomic mass is 9.80. The van der Waals surface area contributed by atoms with E-state index < -0.39 is 0 Å². The summed E-state index contributed by atoms with van der Waals surface area (Å²) >= 11 is 0. The highest BCUT2D eigenvalue weighted by molar-refractivity contribution is 5.59. The zero-order chi connectivity index (χ0) is 18.2. The van der Waals surface area contributed by atoms with E-state index in [1.165, 1.54) is 50.7 Å². The van der Waals surface area contributed by atoms with Gasteiger partial charge >= 0.3 is 0 Å². The first-order valence-corrected chi connectivity index (χ1v) is 9.59. The van der Waals surface area contributed by atoms with Crippen molar-refractivity contribution >= 4 is 0 Å². The van der Waals surface area contributed by atoms with Gasteiger partial charge in [0.05, 0.1) is 5.69 Å². The van der Waals surface area contributed by atoms with Crippen molar-refractivity contribution in [3.8, 4) is 23.1 Å². The van der Waals surface area contributed by atoms with Crippen LogP contribution in [0.1, 0.15) is 50.5 Å². The van der Waals surface area contributed by atoms with Gasteiger partial charge in [0.2, 0.25) is 0 Å². The van der Waals surface area contributed by atoms with Crippen LogP contribution in [-0.4, -0.2) is 4.98 Å². The van der Waals surface area contributed by atoms with Crippen LogP contribution in [-0.2, 0) is 0 Å². The van der Waals surface area contributed by atoms with E-state index in [-0.39, 0.29) is 5.82 Å². The molecule has 1 nitrogen and oxygen atoms in total. The normalized spacial score (nSPS) is 19.4. The van der Waals surface area contributed by atoms with Crippen LogP contribution in [0.25, 0.3) is 11.3 Å². The number of unbranched alkanes of at least 4 members (excludes halogenated alkanes) is 1. The lowest BCUT2D eigenvalue weighted by Gasteiger charge is -2.25. The molecule has 0 amide bonds. The van der Waals surface area contributed by atoms with Crippen molar-refractivity contribution in [1.82, 2.24) is 4.98 Å². The van der Waals surface area contributed by atoms with Crippen molar-refractivity contribution in [2.45, 2.75) is 44.9 Å². The van der Waals surface area contributed by atoms with E-state index in [9.17, 15) is 4.39 Å².